The zero-order valence-electron chi connectivity index (χ0n) is 18.8. The molecule has 2 rings (SSSR count). The van der Waals surface area contributed by atoms with Gasteiger partial charge in [0, 0.05) is 25.2 Å². The van der Waals surface area contributed by atoms with E-state index in [0.717, 1.165) is 15.4 Å². The maximum Gasteiger partial charge on any atom is 0.243 e. The number of sulfonamides is 1. The monoisotopic (exact) mass is 479 g/mol. The average molecular weight is 480 g/mol. The fourth-order valence-electron chi connectivity index (χ4n) is 3.37. The fourth-order valence-corrected chi connectivity index (χ4v) is 4.62. The second-order valence-electron chi connectivity index (χ2n) is 7.54. The van der Waals surface area contributed by atoms with Crippen molar-refractivity contribution in [3.8, 4) is 0 Å². The van der Waals surface area contributed by atoms with Gasteiger partial charge in [-0.2, -0.15) is 4.31 Å². The van der Waals surface area contributed by atoms with Crippen molar-refractivity contribution in [3.63, 3.8) is 0 Å². The summed E-state index contributed by atoms with van der Waals surface area (Å²) in [6.07, 6.45) is 0.400. The van der Waals surface area contributed by atoms with Gasteiger partial charge in [0.05, 0.1) is 11.4 Å². The van der Waals surface area contributed by atoms with Crippen LogP contribution in [-0.2, 0) is 26.2 Å². The highest BCUT2D eigenvalue weighted by Gasteiger charge is 2.31. The van der Waals surface area contributed by atoms with Gasteiger partial charge in [-0.15, -0.1) is 0 Å². The van der Waals surface area contributed by atoms with Crippen LogP contribution in [0.3, 0.4) is 0 Å². The van der Waals surface area contributed by atoms with Crippen molar-refractivity contribution in [2.75, 3.05) is 20.1 Å². The van der Waals surface area contributed by atoms with E-state index in [0.29, 0.717) is 18.0 Å². The Labute approximate surface area is 195 Å². The van der Waals surface area contributed by atoms with E-state index in [4.69, 9.17) is 11.6 Å². The lowest BCUT2D eigenvalue weighted by molar-refractivity contribution is -0.141. The number of carbonyl (C=O) groups excluding carboxylic acids is 2. The van der Waals surface area contributed by atoms with Gasteiger partial charge in [-0.05, 0) is 50.1 Å². The molecule has 1 atom stereocenters. The minimum Gasteiger partial charge on any atom is -0.355 e. The van der Waals surface area contributed by atoms with Crippen LogP contribution in [0.25, 0.3) is 0 Å². The number of nitrogens with zero attached hydrogens (tertiary/aromatic N) is 2. The van der Waals surface area contributed by atoms with Crippen molar-refractivity contribution < 1.29 is 18.0 Å². The molecule has 0 aliphatic carbocycles. The van der Waals surface area contributed by atoms with E-state index in [2.05, 4.69) is 5.32 Å². The Balaban J connectivity index is 2.31. The van der Waals surface area contributed by atoms with E-state index in [1.807, 2.05) is 45.0 Å². The first-order valence-electron chi connectivity index (χ1n) is 10.4. The lowest BCUT2D eigenvalue weighted by atomic mass is 10.1. The van der Waals surface area contributed by atoms with Crippen LogP contribution in [-0.4, -0.2) is 55.6 Å². The number of hydrogen-bond acceptors (Lipinski definition) is 4. The molecule has 9 heteroatoms. The summed E-state index contributed by atoms with van der Waals surface area (Å²) in [6, 6.07) is 12.7. The van der Waals surface area contributed by atoms with Crippen molar-refractivity contribution in [3.05, 3.63) is 64.7 Å². The molecule has 2 aromatic carbocycles. The molecule has 0 aliphatic heterocycles. The van der Waals surface area contributed by atoms with E-state index < -0.39 is 28.5 Å². The Bertz CT molecular complexity index is 1040. The quantitative estimate of drug-likeness (QED) is 0.566. The highest BCUT2D eigenvalue weighted by Crippen LogP contribution is 2.19. The van der Waals surface area contributed by atoms with Gasteiger partial charge in [-0.25, -0.2) is 8.42 Å². The van der Waals surface area contributed by atoms with Gasteiger partial charge < -0.3 is 10.2 Å². The van der Waals surface area contributed by atoms with Gasteiger partial charge in [0.1, 0.15) is 6.04 Å². The summed E-state index contributed by atoms with van der Waals surface area (Å²) in [6.45, 7) is 5.82. The zero-order valence-corrected chi connectivity index (χ0v) is 20.4. The number of carbonyl (C=O) groups is 2. The summed E-state index contributed by atoms with van der Waals surface area (Å²) in [5.74, 6) is -0.719. The normalized spacial score (nSPS) is 12.4. The summed E-state index contributed by atoms with van der Waals surface area (Å²) in [5.41, 5.74) is 1.90. The molecule has 0 radical (unpaired) electrons. The molecule has 0 saturated heterocycles. The molecule has 0 aromatic heterocycles. The molecule has 0 saturated carbocycles. The summed E-state index contributed by atoms with van der Waals surface area (Å²) in [5, 5.41) is 3.18. The Kier molecular flexibility index (Phi) is 9.24. The number of halogens is 1. The smallest absolute Gasteiger partial charge is 0.243 e. The second kappa shape index (κ2) is 11.4. The number of hydrogen-bond donors (Lipinski definition) is 1. The molecular formula is C23H30ClN3O4S. The zero-order chi connectivity index (χ0) is 23.9. The number of benzene rings is 2. The maximum atomic E-state index is 13.3. The highest BCUT2D eigenvalue weighted by molar-refractivity contribution is 7.89. The molecule has 174 valence electrons. The predicted octanol–water partition coefficient (Wildman–Crippen LogP) is 3.21. The highest BCUT2D eigenvalue weighted by atomic mass is 35.5. The van der Waals surface area contributed by atoms with Crippen molar-refractivity contribution in [2.24, 2.45) is 0 Å². The molecule has 7 nitrogen and oxygen atoms in total. The van der Waals surface area contributed by atoms with Crippen LogP contribution in [0.4, 0.5) is 0 Å². The van der Waals surface area contributed by atoms with E-state index in [-0.39, 0.29) is 17.3 Å². The molecule has 0 heterocycles. The van der Waals surface area contributed by atoms with Crippen LogP contribution in [0.5, 0.6) is 0 Å². The minimum absolute atomic E-state index is 0.0400. The number of nitrogens with one attached hydrogen (secondary N) is 1. The van der Waals surface area contributed by atoms with Crippen LogP contribution in [0.2, 0.25) is 5.02 Å². The molecule has 0 bridgehead atoms. The van der Waals surface area contributed by atoms with Gasteiger partial charge in [0.15, 0.2) is 0 Å². The Hall–Kier alpha value is -2.42. The number of rotatable bonds is 10. The molecule has 1 N–H and O–H groups in total. The summed E-state index contributed by atoms with van der Waals surface area (Å²) >= 11 is 5.85. The second-order valence-corrected chi connectivity index (χ2v) is 10.0. The first-order chi connectivity index (χ1) is 15.1. The van der Waals surface area contributed by atoms with E-state index >= 15 is 0 Å². The SMILES string of the molecule is CCNC(=O)C(CC)N(Cc1cccc(C)c1)C(=O)CN(C)S(=O)(=O)c1ccc(Cl)cc1. The van der Waals surface area contributed by atoms with Crippen LogP contribution in [0.1, 0.15) is 31.4 Å². The lowest BCUT2D eigenvalue weighted by Crippen LogP contribution is -2.51. The maximum absolute atomic E-state index is 13.3. The Morgan fingerprint density at radius 3 is 2.31 bits per heavy atom. The third-order valence-corrected chi connectivity index (χ3v) is 7.12. The van der Waals surface area contributed by atoms with Crippen LogP contribution >= 0.6 is 11.6 Å². The topological polar surface area (TPSA) is 86.8 Å². The molecule has 0 fully saturated rings. The van der Waals surface area contributed by atoms with Crippen molar-refractivity contribution in [1.82, 2.24) is 14.5 Å². The van der Waals surface area contributed by atoms with Gasteiger partial charge in [-0.1, -0.05) is 48.4 Å². The van der Waals surface area contributed by atoms with Gasteiger partial charge in [0.25, 0.3) is 0 Å². The molecule has 1 unspecified atom stereocenters. The van der Waals surface area contributed by atoms with E-state index in [1.165, 1.54) is 36.2 Å². The predicted molar refractivity (Wildman–Crippen MR) is 126 cm³/mol. The molecular weight excluding hydrogens is 450 g/mol. The molecule has 2 amide bonds. The standard InChI is InChI=1S/C23H30ClN3O4S/c1-5-21(23(29)25-6-2)27(15-18-9-7-8-17(3)14-18)22(28)16-26(4)32(30,31)20-12-10-19(24)11-13-20/h7-14,21H,5-6,15-16H2,1-4H3,(H,25,29). The van der Waals surface area contributed by atoms with Crippen LogP contribution in [0, 0.1) is 6.92 Å². The Morgan fingerprint density at radius 2 is 1.75 bits per heavy atom. The molecule has 0 spiro atoms. The van der Waals surface area contributed by atoms with Gasteiger partial charge in [-0.3, -0.25) is 9.59 Å². The van der Waals surface area contributed by atoms with Gasteiger partial charge >= 0.3 is 0 Å². The van der Waals surface area contributed by atoms with Crippen molar-refractivity contribution in [1.29, 1.82) is 0 Å². The summed E-state index contributed by atoms with van der Waals surface area (Å²) < 4.78 is 26.8. The number of likely N-dealkylation sites (N-methyl/N-ethyl adjacent to an activating group) is 2. The first kappa shape index (κ1) is 25.8. The molecule has 32 heavy (non-hydrogen) atoms. The third-order valence-electron chi connectivity index (χ3n) is 5.05. The average Bonchev–Trinajstić information content (AvgIpc) is 2.74. The van der Waals surface area contributed by atoms with Crippen molar-refractivity contribution in [2.45, 2.75) is 44.7 Å². The largest absolute Gasteiger partial charge is 0.355 e. The Morgan fingerprint density at radius 1 is 1.09 bits per heavy atom. The van der Waals surface area contributed by atoms with Gasteiger partial charge in [0.2, 0.25) is 21.8 Å². The first-order valence-corrected chi connectivity index (χ1v) is 12.3. The van der Waals surface area contributed by atoms with E-state index in [9.17, 15) is 18.0 Å². The van der Waals surface area contributed by atoms with Crippen LogP contribution < -0.4 is 5.32 Å². The third kappa shape index (κ3) is 6.54. The summed E-state index contributed by atoms with van der Waals surface area (Å²) in [4.78, 5) is 27.5. The fraction of sp³-hybridized carbons (Fsp3) is 0.391. The number of amides is 2. The molecule has 0 aliphatic rings. The van der Waals surface area contributed by atoms with E-state index in [1.54, 1.807) is 0 Å². The number of aryl methyl sites for hydroxylation is 1. The molecule has 2 aromatic rings. The summed E-state index contributed by atoms with van der Waals surface area (Å²) in [7, 11) is -2.55. The van der Waals surface area contributed by atoms with Crippen LogP contribution in [0.15, 0.2) is 53.4 Å². The lowest BCUT2D eigenvalue weighted by Gasteiger charge is -2.32. The minimum atomic E-state index is -3.90. The van der Waals surface area contributed by atoms with Crippen molar-refractivity contribution >= 4 is 33.4 Å².